The summed E-state index contributed by atoms with van der Waals surface area (Å²) in [6, 6.07) is 0. The van der Waals surface area contributed by atoms with Crippen LogP contribution in [0.1, 0.15) is 36.4 Å². The number of thiazole rings is 1. The van der Waals surface area contributed by atoms with E-state index in [1.807, 2.05) is 22.2 Å². The molecule has 0 spiro atoms. The lowest BCUT2D eigenvalue weighted by molar-refractivity contribution is -0.120. The molecule has 23 heavy (non-hydrogen) atoms. The topological polar surface area (TPSA) is 94.6 Å². The molecule has 1 aliphatic heterocycles. The number of nitrogens with zero attached hydrogens (tertiary/aromatic N) is 4. The number of carbonyl (C=O) groups is 1. The van der Waals surface area contributed by atoms with Gasteiger partial charge in [-0.25, -0.2) is 4.98 Å². The molecular formula is C14H15N5O3S. The largest absolute Gasteiger partial charge is 0.368 e. The number of amides is 1. The molecule has 1 aliphatic rings. The van der Waals surface area contributed by atoms with E-state index in [1.165, 1.54) is 11.3 Å². The minimum absolute atomic E-state index is 0.106. The molecular weight excluding hydrogens is 318 g/mol. The highest BCUT2D eigenvalue weighted by Gasteiger charge is 2.23. The average molecular weight is 333 g/mol. The molecule has 1 saturated heterocycles. The van der Waals surface area contributed by atoms with E-state index < -0.39 is 0 Å². The quantitative estimate of drug-likeness (QED) is 0.760. The summed E-state index contributed by atoms with van der Waals surface area (Å²) < 4.78 is 12.6. The monoisotopic (exact) mass is 333 g/mol. The third-order valence-electron chi connectivity index (χ3n) is 3.62. The summed E-state index contributed by atoms with van der Waals surface area (Å²) in [5.74, 6) is 0.815. The lowest BCUT2D eigenvalue weighted by Gasteiger charge is -2.01. The molecule has 4 rings (SSSR count). The second-order valence-electron chi connectivity index (χ2n) is 5.33. The number of ether oxygens (including phenoxy) is 1. The van der Waals surface area contributed by atoms with E-state index >= 15 is 0 Å². The van der Waals surface area contributed by atoms with Crippen LogP contribution in [0.2, 0.25) is 0 Å². The minimum Gasteiger partial charge on any atom is -0.368 e. The summed E-state index contributed by atoms with van der Waals surface area (Å²) in [4.78, 5) is 21.5. The van der Waals surface area contributed by atoms with Gasteiger partial charge < -0.3 is 14.6 Å². The van der Waals surface area contributed by atoms with Gasteiger partial charge in [0.15, 0.2) is 10.8 Å². The van der Waals surface area contributed by atoms with Crippen molar-refractivity contribution in [3.05, 3.63) is 35.2 Å². The number of imidazole rings is 1. The Morgan fingerprint density at radius 3 is 3.26 bits per heavy atom. The van der Waals surface area contributed by atoms with Crippen LogP contribution in [0.15, 0.2) is 22.3 Å². The molecule has 0 saturated carbocycles. The van der Waals surface area contributed by atoms with Crippen molar-refractivity contribution in [2.24, 2.45) is 0 Å². The molecule has 0 aliphatic carbocycles. The fourth-order valence-electron chi connectivity index (χ4n) is 2.51. The highest BCUT2D eigenvalue weighted by atomic mass is 32.1. The Morgan fingerprint density at radius 1 is 1.48 bits per heavy atom. The Bertz CT molecular complexity index is 789. The van der Waals surface area contributed by atoms with Crippen molar-refractivity contribution in [3.8, 4) is 0 Å². The van der Waals surface area contributed by atoms with Crippen molar-refractivity contribution in [2.45, 2.75) is 31.9 Å². The van der Waals surface area contributed by atoms with Gasteiger partial charge in [-0.2, -0.15) is 4.98 Å². The van der Waals surface area contributed by atoms with Crippen molar-refractivity contribution in [3.63, 3.8) is 0 Å². The fourth-order valence-corrected chi connectivity index (χ4v) is 3.23. The van der Waals surface area contributed by atoms with E-state index in [9.17, 15) is 4.79 Å². The van der Waals surface area contributed by atoms with Crippen LogP contribution in [0.5, 0.6) is 0 Å². The van der Waals surface area contributed by atoms with Crippen LogP contribution < -0.4 is 5.32 Å². The first-order valence-corrected chi connectivity index (χ1v) is 8.28. The second kappa shape index (κ2) is 6.09. The third-order valence-corrected chi connectivity index (χ3v) is 4.39. The number of fused-ring (bicyclic) bond motifs is 1. The summed E-state index contributed by atoms with van der Waals surface area (Å²) >= 11 is 1.54. The normalized spacial score (nSPS) is 17.8. The second-order valence-corrected chi connectivity index (χ2v) is 6.20. The summed E-state index contributed by atoms with van der Waals surface area (Å²) in [5.41, 5.74) is 0.738. The lowest BCUT2D eigenvalue weighted by atomic mass is 10.2. The fraction of sp³-hybridized carbons (Fsp3) is 0.429. The zero-order chi connectivity index (χ0) is 15.6. The van der Waals surface area contributed by atoms with Gasteiger partial charge in [-0.3, -0.25) is 9.20 Å². The van der Waals surface area contributed by atoms with Crippen LogP contribution in [0, 0.1) is 0 Å². The summed E-state index contributed by atoms with van der Waals surface area (Å²) in [7, 11) is 0. The number of rotatable bonds is 5. The Balaban J connectivity index is 1.31. The van der Waals surface area contributed by atoms with E-state index in [0.717, 1.165) is 30.1 Å². The van der Waals surface area contributed by atoms with Crippen molar-refractivity contribution in [1.82, 2.24) is 24.8 Å². The molecule has 1 amide bonds. The van der Waals surface area contributed by atoms with Gasteiger partial charge in [0.1, 0.15) is 6.10 Å². The van der Waals surface area contributed by atoms with Crippen molar-refractivity contribution in [1.29, 1.82) is 0 Å². The number of carbonyl (C=O) groups excluding carboxylic acids is 1. The van der Waals surface area contributed by atoms with Crippen LogP contribution in [0.4, 0.5) is 0 Å². The van der Waals surface area contributed by atoms with Crippen molar-refractivity contribution >= 4 is 22.2 Å². The van der Waals surface area contributed by atoms with Crippen molar-refractivity contribution in [2.75, 3.05) is 6.61 Å². The van der Waals surface area contributed by atoms with E-state index in [0.29, 0.717) is 11.7 Å². The molecule has 1 N–H and O–H groups in total. The number of aromatic nitrogens is 4. The van der Waals surface area contributed by atoms with Crippen LogP contribution in [-0.4, -0.2) is 32.0 Å². The first-order chi connectivity index (χ1) is 11.3. The van der Waals surface area contributed by atoms with Gasteiger partial charge in [0, 0.05) is 24.4 Å². The molecule has 1 fully saturated rings. The predicted molar refractivity (Wildman–Crippen MR) is 80.8 cm³/mol. The van der Waals surface area contributed by atoms with Crippen LogP contribution in [0.3, 0.4) is 0 Å². The zero-order valence-electron chi connectivity index (χ0n) is 12.3. The highest BCUT2D eigenvalue weighted by molar-refractivity contribution is 7.15. The minimum atomic E-state index is -0.126. The summed E-state index contributed by atoms with van der Waals surface area (Å²) in [5, 5.41) is 8.60. The third kappa shape index (κ3) is 3.10. The van der Waals surface area contributed by atoms with E-state index in [2.05, 4.69) is 20.4 Å². The molecule has 9 heteroatoms. The number of hydrogen-bond donors (Lipinski definition) is 1. The molecule has 1 unspecified atom stereocenters. The summed E-state index contributed by atoms with van der Waals surface area (Å²) in [6.45, 7) is 0.957. The first-order valence-electron chi connectivity index (χ1n) is 7.40. The van der Waals surface area contributed by atoms with Gasteiger partial charge >= 0.3 is 0 Å². The van der Waals surface area contributed by atoms with Gasteiger partial charge in [0.2, 0.25) is 5.91 Å². The molecule has 3 aromatic rings. The first kappa shape index (κ1) is 14.3. The molecule has 0 aromatic carbocycles. The van der Waals surface area contributed by atoms with Gasteiger partial charge in [0.25, 0.3) is 5.89 Å². The molecule has 1 atom stereocenters. The smallest absolute Gasteiger partial charge is 0.255 e. The molecule has 8 nitrogen and oxygen atoms in total. The van der Waals surface area contributed by atoms with Gasteiger partial charge in [-0.1, -0.05) is 5.16 Å². The zero-order valence-corrected chi connectivity index (χ0v) is 13.1. The SMILES string of the molecule is O=C(Cc1cn2ccsc2n1)NCc1noc(C2CCCO2)n1. The number of nitrogens with one attached hydrogen (secondary N) is 1. The van der Waals surface area contributed by atoms with Crippen LogP contribution in [-0.2, 0) is 22.5 Å². The molecule has 0 radical (unpaired) electrons. The molecule has 0 bridgehead atoms. The van der Waals surface area contributed by atoms with Gasteiger partial charge in [-0.05, 0) is 12.8 Å². The van der Waals surface area contributed by atoms with Crippen molar-refractivity contribution < 1.29 is 14.1 Å². The average Bonchev–Trinajstić information content (AvgIpc) is 3.28. The maximum atomic E-state index is 12.0. The Labute approximate surface area is 135 Å². The Hall–Kier alpha value is -2.26. The molecule has 3 aromatic heterocycles. The molecule has 4 heterocycles. The van der Waals surface area contributed by atoms with E-state index in [1.54, 1.807) is 0 Å². The van der Waals surface area contributed by atoms with E-state index in [4.69, 9.17) is 9.26 Å². The van der Waals surface area contributed by atoms with Crippen LogP contribution in [0.25, 0.3) is 4.96 Å². The lowest BCUT2D eigenvalue weighted by Crippen LogP contribution is -2.25. The Kier molecular flexibility index (Phi) is 3.80. The standard InChI is InChI=1S/C14H15N5O3S/c20-12(6-9-8-19-3-5-23-14(19)16-9)15-7-11-17-13(22-18-11)10-2-1-4-21-10/h3,5,8,10H,1-2,4,6-7H2,(H,15,20). The highest BCUT2D eigenvalue weighted by Crippen LogP contribution is 2.26. The van der Waals surface area contributed by atoms with E-state index in [-0.39, 0.29) is 25.0 Å². The predicted octanol–water partition coefficient (Wildman–Crippen LogP) is 1.49. The number of hydrogen-bond acceptors (Lipinski definition) is 7. The van der Waals surface area contributed by atoms with Gasteiger partial charge in [0.05, 0.1) is 18.7 Å². The molecule has 120 valence electrons. The Morgan fingerprint density at radius 2 is 2.43 bits per heavy atom. The van der Waals surface area contributed by atoms with Crippen LogP contribution >= 0.6 is 11.3 Å². The van der Waals surface area contributed by atoms with Gasteiger partial charge in [-0.15, -0.1) is 11.3 Å². The summed E-state index contributed by atoms with van der Waals surface area (Å²) in [6.07, 6.45) is 5.79. The maximum absolute atomic E-state index is 12.0. The maximum Gasteiger partial charge on any atom is 0.255 e.